The van der Waals surface area contributed by atoms with Crippen LogP contribution in [0.1, 0.15) is 59.5 Å². The lowest BCUT2D eigenvalue weighted by Crippen LogP contribution is -2.53. The third kappa shape index (κ3) is 7.80. The van der Waals surface area contributed by atoms with Crippen molar-refractivity contribution < 1.29 is 33.4 Å². The second-order valence-electron chi connectivity index (χ2n) is 11.1. The fourth-order valence-corrected chi connectivity index (χ4v) is 5.07. The van der Waals surface area contributed by atoms with E-state index >= 15 is 0 Å². The van der Waals surface area contributed by atoms with Gasteiger partial charge in [-0.25, -0.2) is 4.79 Å². The first-order chi connectivity index (χ1) is 21.1. The van der Waals surface area contributed by atoms with Crippen molar-refractivity contribution in [1.29, 1.82) is 5.26 Å². The minimum atomic E-state index is -1.14. The molecular formula is C32H35N5O7. The molecule has 0 bridgehead atoms. The number of methoxy groups -OCH3 is 1. The van der Waals surface area contributed by atoms with Crippen LogP contribution in [-0.2, 0) is 19.1 Å². The van der Waals surface area contributed by atoms with Gasteiger partial charge in [-0.05, 0) is 67.6 Å². The monoisotopic (exact) mass is 601 g/mol. The van der Waals surface area contributed by atoms with Crippen molar-refractivity contribution in [2.75, 3.05) is 20.3 Å². The number of esters is 1. The van der Waals surface area contributed by atoms with Gasteiger partial charge in [-0.3, -0.25) is 19.2 Å². The Labute approximate surface area is 254 Å². The fraction of sp³-hybridized carbons (Fsp3) is 0.375. The number of ether oxygens (including phenoxy) is 2. The highest BCUT2D eigenvalue weighted by molar-refractivity contribution is 6.02. The number of carbonyl (C=O) groups is 5. The third-order valence-corrected chi connectivity index (χ3v) is 7.40. The lowest BCUT2D eigenvalue weighted by molar-refractivity contribution is -0.131. The molecule has 2 aromatic carbocycles. The van der Waals surface area contributed by atoms with Gasteiger partial charge >= 0.3 is 5.97 Å². The molecule has 0 aliphatic carbocycles. The first-order valence-electron chi connectivity index (χ1n) is 14.3. The number of hydrogen-bond acceptors (Lipinski definition) is 8. The van der Waals surface area contributed by atoms with E-state index in [0.29, 0.717) is 35.2 Å². The molecule has 1 aliphatic rings. The van der Waals surface area contributed by atoms with Gasteiger partial charge in [0.1, 0.15) is 17.5 Å². The summed E-state index contributed by atoms with van der Waals surface area (Å²) in [5, 5.41) is 17.9. The summed E-state index contributed by atoms with van der Waals surface area (Å²) in [6.45, 7) is 3.60. The number of nitrogens with one attached hydrogen (secondary N) is 4. The standard InChI is InChI=1S/C32H35N5O7/c1-18(2)13-25(37-31(41)26-15-22-23(35-26)5-4-6-28(22)43-3)30(40)36-24(14-21-11-12-34-29(21)39)27(38)17-44-32(42)20-9-7-19(16-33)8-10-20/h4-10,15,18,21,24-25,35H,11-14,17H2,1-3H3,(H,34,39)(H,36,40)(H,37,41)/t21?,24-,25-/m1/s1. The largest absolute Gasteiger partial charge is 0.496 e. The summed E-state index contributed by atoms with van der Waals surface area (Å²) in [7, 11) is 1.53. The van der Waals surface area contributed by atoms with Gasteiger partial charge in [-0.15, -0.1) is 0 Å². The highest BCUT2D eigenvalue weighted by Crippen LogP contribution is 2.26. The maximum Gasteiger partial charge on any atom is 0.338 e. The lowest BCUT2D eigenvalue weighted by Gasteiger charge is -2.25. The first kappa shape index (κ1) is 31.7. The van der Waals surface area contributed by atoms with Crippen molar-refractivity contribution in [2.24, 2.45) is 11.8 Å². The number of nitrogens with zero attached hydrogens (tertiary/aromatic N) is 1. The lowest BCUT2D eigenvalue weighted by atomic mass is 9.95. The summed E-state index contributed by atoms with van der Waals surface area (Å²) in [5.41, 5.74) is 1.44. The second kappa shape index (κ2) is 14.3. The number of hydrogen-bond donors (Lipinski definition) is 4. The van der Waals surface area contributed by atoms with Gasteiger partial charge < -0.3 is 30.4 Å². The fourth-order valence-electron chi connectivity index (χ4n) is 5.07. The van der Waals surface area contributed by atoms with E-state index in [-0.39, 0.29) is 35.9 Å². The van der Waals surface area contributed by atoms with E-state index < -0.39 is 48.2 Å². The van der Waals surface area contributed by atoms with Crippen LogP contribution in [0, 0.1) is 23.2 Å². The van der Waals surface area contributed by atoms with E-state index in [4.69, 9.17) is 14.7 Å². The van der Waals surface area contributed by atoms with Crippen LogP contribution in [0.15, 0.2) is 48.5 Å². The highest BCUT2D eigenvalue weighted by Gasteiger charge is 2.34. The van der Waals surface area contributed by atoms with Gasteiger partial charge in [0.15, 0.2) is 12.4 Å². The average Bonchev–Trinajstić information content (AvgIpc) is 3.64. The van der Waals surface area contributed by atoms with E-state index in [0.717, 1.165) is 0 Å². The Morgan fingerprint density at radius 3 is 2.45 bits per heavy atom. The molecule has 1 aromatic heterocycles. The number of nitriles is 1. The molecule has 230 valence electrons. The molecule has 1 unspecified atom stereocenters. The molecule has 44 heavy (non-hydrogen) atoms. The molecule has 0 saturated carbocycles. The molecule has 1 aliphatic heterocycles. The van der Waals surface area contributed by atoms with E-state index in [1.54, 1.807) is 24.3 Å². The van der Waals surface area contributed by atoms with Crippen LogP contribution in [0.4, 0.5) is 0 Å². The van der Waals surface area contributed by atoms with E-state index in [1.807, 2.05) is 19.9 Å². The zero-order valence-corrected chi connectivity index (χ0v) is 24.8. The van der Waals surface area contributed by atoms with Crippen molar-refractivity contribution in [2.45, 2.75) is 45.2 Å². The van der Waals surface area contributed by atoms with Crippen molar-refractivity contribution in [1.82, 2.24) is 20.9 Å². The van der Waals surface area contributed by atoms with Gasteiger partial charge in [-0.2, -0.15) is 5.26 Å². The first-order valence-corrected chi connectivity index (χ1v) is 14.3. The molecular weight excluding hydrogens is 566 g/mol. The van der Waals surface area contributed by atoms with Crippen LogP contribution in [0.25, 0.3) is 10.9 Å². The van der Waals surface area contributed by atoms with Crippen LogP contribution >= 0.6 is 0 Å². The summed E-state index contributed by atoms with van der Waals surface area (Å²) in [6.07, 6.45) is 0.772. The van der Waals surface area contributed by atoms with Crippen LogP contribution < -0.4 is 20.7 Å². The summed E-state index contributed by atoms with van der Waals surface area (Å²) in [6, 6.07) is 12.6. The van der Waals surface area contributed by atoms with Crippen molar-refractivity contribution in [3.8, 4) is 11.8 Å². The quantitative estimate of drug-likeness (QED) is 0.216. The minimum absolute atomic E-state index is 0.00891. The number of Topliss-reactive ketones (excluding diaryl/α,β-unsaturated/α-hetero) is 1. The van der Waals surface area contributed by atoms with Crippen LogP contribution in [0.5, 0.6) is 5.75 Å². The molecule has 12 heteroatoms. The van der Waals surface area contributed by atoms with Gasteiger partial charge in [0.25, 0.3) is 5.91 Å². The summed E-state index contributed by atoms with van der Waals surface area (Å²) in [4.78, 5) is 68.0. The Morgan fingerprint density at radius 2 is 1.82 bits per heavy atom. The molecule has 1 fully saturated rings. The number of aromatic amines is 1. The molecule has 3 amide bonds. The number of ketones is 1. The van der Waals surface area contributed by atoms with Crippen molar-refractivity contribution in [3.63, 3.8) is 0 Å². The normalized spacial score (nSPS) is 15.6. The van der Waals surface area contributed by atoms with Crippen molar-refractivity contribution in [3.05, 3.63) is 65.4 Å². The molecule has 3 atom stereocenters. The summed E-state index contributed by atoms with van der Waals surface area (Å²) in [5.74, 6) is -2.63. The Balaban J connectivity index is 1.48. The van der Waals surface area contributed by atoms with Gasteiger partial charge in [0.2, 0.25) is 11.8 Å². The number of rotatable bonds is 13. The highest BCUT2D eigenvalue weighted by atomic mass is 16.5. The molecule has 1 saturated heterocycles. The molecule has 4 rings (SSSR count). The molecule has 0 spiro atoms. The molecule has 12 nitrogen and oxygen atoms in total. The number of amides is 3. The summed E-state index contributed by atoms with van der Waals surface area (Å²) < 4.78 is 10.6. The predicted octanol–water partition coefficient (Wildman–Crippen LogP) is 2.63. The molecule has 4 N–H and O–H groups in total. The number of fused-ring (bicyclic) bond motifs is 1. The number of aromatic nitrogens is 1. The molecule has 3 aromatic rings. The number of H-pyrrole nitrogens is 1. The maximum absolute atomic E-state index is 13.6. The topological polar surface area (TPSA) is 179 Å². The molecule has 2 heterocycles. The minimum Gasteiger partial charge on any atom is -0.496 e. The van der Waals surface area contributed by atoms with E-state index in [2.05, 4.69) is 20.9 Å². The second-order valence-corrected chi connectivity index (χ2v) is 11.1. The Morgan fingerprint density at radius 1 is 1.07 bits per heavy atom. The zero-order valence-electron chi connectivity index (χ0n) is 24.8. The van der Waals surface area contributed by atoms with Crippen LogP contribution in [0.2, 0.25) is 0 Å². The van der Waals surface area contributed by atoms with E-state index in [1.165, 1.54) is 31.4 Å². The van der Waals surface area contributed by atoms with E-state index in [9.17, 15) is 24.0 Å². The Hall–Kier alpha value is -5.18. The third-order valence-electron chi connectivity index (χ3n) is 7.40. The predicted molar refractivity (Wildman–Crippen MR) is 160 cm³/mol. The van der Waals surface area contributed by atoms with Gasteiger partial charge in [0, 0.05) is 23.4 Å². The average molecular weight is 602 g/mol. The van der Waals surface area contributed by atoms with Crippen LogP contribution in [-0.4, -0.2) is 66.8 Å². The van der Waals surface area contributed by atoms with Crippen molar-refractivity contribution >= 4 is 40.4 Å². The number of benzene rings is 2. The van der Waals surface area contributed by atoms with Gasteiger partial charge in [-0.1, -0.05) is 19.9 Å². The Kier molecular flexibility index (Phi) is 10.3. The Bertz CT molecular complexity index is 1590. The number of carbonyl (C=O) groups excluding carboxylic acids is 5. The van der Waals surface area contributed by atoms with Crippen LogP contribution in [0.3, 0.4) is 0 Å². The maximum atomic E-state index is 13.6. The SMILES string of the molecule is COc1cccc2[nH]c(C(=O)N[C@H](CC(C)C)C(=O)N[C@H](CC3CCNC3=O)C(=O)COC(=O)c3ccc(C#N)cc3)cc12. The molecule has 0 radical (unpaired) electrons. The zero-order chi connectivity index (χ0) is 31.8. The summed E-state index contributed by atoms with van der Waals surface area (Å²) >= 11 is 0. The van der Waals surface area contributed by atoms with Gasteiger partial charge in [0.05, 0.1) is 30.3 Å². The smallest absolute Gasteiger partial charge is 0.338 e.